The molecule has 6 heteroatoms. The maximum absolute atomic E-state index is 13.3. The van der Waals surface area contributed by atoms with Gasteiger partial charge in [-0.25, -0.2) is 4.39 Å². The van der Waals surface area contributed by atoms with Crippen molar-refractivity contribution >= 4 is 17.3 Å². The molecule has 0 amide bonds. The Labute approximate surface area is 90.9 Å². The van der Waals surface area contributed by atoms with E-state index in [-0.39, 0.29) is 23.0 Å². The topological polar surface area (TPSA) is 72.7 Å². The maximum Gasteiger partial charge on any atom is 0.168 e. The van der Waals surface area contributed by atoms with Gasteiger partial charge in [0.2, 0.25) is 0 Å². The van der Waals surface area contributed by atoms with Crippen LogP contribution in [-0.4, -0.2) is 34.6 Å². The van der Waals surface area contributed by atoms with Gasteiger partial charge >= 0.3 is 0 Å². The molecule has 0 saturated heterocycles. The molecule has 0 aliphatic rings. The van der Waals surface area contributed by atoms with Crippen LogP contribution in [0.2, 0.25) is 5.02 Å². The Kier molecular flexibility index (Phi) is 4.14. The summed E-state index contributed by atoms with van der Waals surface area (Å²) in [5.41, 5.74) is 0.0605. The molecular weight excluding hydrogens is 225 g/mol. The Bertz CT molecular complexity index is 348. The molecule has 1 atom stereocenters. The summed E-state index contributed by atoms with van der Waals surface area (Å²) < 4.78 is 13.3. The van der Waals surface area contributed by atoms with Crippen LogP contribution >= 0.6 is 11.6 Å². The minimum atomic E-state index is -0.975. The van der Waals surface area contributed by atoms with Crippen molar-refractivity contribution in [2.45, 2.75) is 6.10 Å². The number of rotatable bonds is 4. The van der Waals surface area contributed by atoms with E-state index in [2.05, 4.69) is 5.32 Å². The zero-order chi connectivity index (χ0) is 11.4. The first-order valence-corrected chi connectivity index (χ1v) is 4.63. The summed E-state index contributed by atoms with van der Waals surface area (Å²) in [7, 11) is 0. The zero-order valence-electron chi connectivity index (χ0n) is 7.74. The second-order valence-electron chi connectivity index (χ2n) is 2.98. The van der Waals surface area contributed by atoms with Gasteiger partial charge in [-0.3, -0.25) is 0 Å². The zero-order valence-corrected chi connectivity index (χ0v) is 8.50. The van der Waals surface area contributed by atoms with Crippen molar-refractivity contribution in [3.8, 4) is 5.75 Å². The van der Waals surface area contributed by atoms with Gasteiger partial charge in [0.1, 0.15) is 10.8 Å². The van der Waals surface area contributed by atoms with Gasteiger partial charge in [-0.2, -0.15) is 0 Å². The number of aliphatic hydroxyl groups is 2. The number of anilines is 1. The number of aliphatic hydroxyl groups excluding tert-OH is 2. The number of phenolic OH excluding ortho intramolecular Hbond substituents is 1. The quantitative estimate of drug-likeness (QED) is 0.587. The van der Waals surface area contributed by atoms with Crippen LogP contribution in [0.1, 0.15) is 0 Å². The Morgan fingerprint density at radius 2 is 2.13 bits per heavy atom. The molecular formula is C9H11ClFNO3. The van der Waals surface area contributed by atoms with Crippen molar-refractivity contribution in [1.29, 1.82) is 0 Å². The monoisotopic (exact) mass is 235 g/mol. The predicted octanol–water partition coefficient (Wildman–Crippen LogP) is 0.950. The minimum Gasteiger partial charge on any atom is -0.506 e. The predicted molar refractivity (Wildman–Crippen MR) is 54.7 cm³/mol. The second-order valence-corrected chi connectivity index (χ2v) is 3.36. The molecule has 0 aliphatic carbocycles. The number of nitrogens with one attached hydrogen (secondary N) is 1. The van der Waals surface area contributed by atoms with Crippen LogP contribution in [0.4, 0.5) is 10.1 Å². The molecule has 15 heavy (non-hydrogen) atoms. The van der Waals surface area contributed by atoms with Crippen molar-refractivity contribution < 1.29 is 19.7 Å². The number of aromatic hydroxyl groups is 1. The number of benzene rings is 1. The summed E-state index contributed by atoms with van der Waals surface area (Å²) in [5.74, 6) is -1.13. The fourth-order valence-corrected chi connectivity index (χ4v) is 1.13. The summed E-state index contributed by atoms with van der Waals surface area (Å²) in [6.45, 7) is -0.422. The van der Waals surface area contributed by atoms with Crippen LogP contribution in [0.5, 0.6) is 5.75 Å². The van der Waals surface area contributed by atoms with Crippen LogP contribution in [0, 0.1) is 5.82 Å². The summed E-state index contributed by atoms with van der Waals surface area (Å²) >= 11 is 5.46. The number of phenols is 1. The molecule has 0 radical (unpaired) electrons. The van der Waals surface area contributed by atoms with E-state index in [0.717, 1.165) is 0 Å². The lowest BCUT2D eigenvalue weighted by atomic mass is 10.2. The van der Waals surface area contributed by atoms with Crippen LogP contribution in [0.15, 0.2) is 12.1 Å². The van der Waals surface area contributed by atoms with E-state index in [1.165, 1.54) is 12.1 Å². The number of halogens is 2. The van der Waals surface area contributed by atoms with Crippen molar-refractivity contribution in [3.63, 3.8) is 0 Å². The largest absolute Gasteiger partial charge is 0.506 e. The molecule has 1 unspecified atom stereocenters. The van der Waals surface area contributed by atoms with E-state index >= 15 is 0 Å². The van der Waals surface area contributed by atoms with Gasteiger partial charge in [-0.05, 0) is 12.1 Å². The van der Waals surface area contributed by atoms with E-state index in [4.69, 9.17) is 26.9 Å². The molecule has 1 rings (SSSR count). The smallest absolute Gasteiger partial charge is 0.168 e. The van der Waals surface area contributed by atoms with Gasteiger partial charge in [0.25, 0.3) is 0 Å². The van der Waals surface area contributed by atoms with Crippen LogP contribution in [0.3, 0.4) is 0 Å². The minimum absolute atomic E-state index is 0.00543. The highest BCUT2D eigenvalue weighted by Crippen LogP contribution is 2.30. The standard InChI is InChI=1S/C9H11ClFNO3/c10-8-7(15)2-1-6(9(8)11)12-3-5(14)4-13/h1-2,5,12-15H,3-4H2. The van der Waals surface area contributed by atoms with E-state index in [1.54, 1.807) is 0 Å². The lowest BCUT2D eigenvalue weighted by Gasteiger charge is -2.11. The summed E-state index contributed by atoms with van der Waals surface area (Å²) in [5, 5.41) is 28.8. The van der Waals surface area contributed by atoms with E-state index in [1.807, 2.05) is 0 Å². The normalized spacial score (nSPS) is 12.5. The Balaban J connectivity index is 2.74. The van der Waals surface area contributed by atoms with Crippen molar-refractivity contribution in [3.05, 3.63) is 23.0 Å². The number of hydrogen-bond donors (Lipinski definition) is 4. The third-order valence-electron chi connectivity index (χ3n) is 1.80. The van der Waals surface area contributed by atoms with E-state index < -0.39 is 18.5 Å². The first-order valence-electron chi connectivity index (χ1n) is 4.26. The maximum atomic E-state index is 13.3. The average molecular weight is 236 g/mol. The SMILES string of the molecule is OCC(O)CNc1ccc(O)c(Cl)c1F. The van der Waals surface area contributed by atoms with E-state index in [0.29, 0.717) is 0 Å². The lowest BCUT2D eigenvalue weighted by Crippen LogP contribution is -2.23. The molecule has 0 fully saturated rings. The fraction of sp³-hybridized carbons (Fsp3) is 0.333. The summed E-state index contributed by atoms with van der Waals surface area (Å²) in [6.07, 6.45) is -0.975. The molecule has 0 aromatic heterocycles. The van der Waals surface area contributed by atoms with Gasteiger partial charge in [-0.1, -0.05) is 11.6 Å². The molecule has 0 bridgehead atoms. The third-order valence-corrected chi connectivity index (χ3v) is 2.16. The van der Waals surface area contributed by atoms with Crippen LogP contribution < -0.4 is 5.32 Å². The van der Waals surface area contributed by atoms with Crippen molar-refractivity contribution in [2.75, 3.05) is 18.5 Å². The van der Waals surface area contributed by atoms with Crippen LogP contribution in [-0.2, 0) is 0 Å². The molecule has 84 valence electrons. The highest BCUT2D eigenvalue weighted by molar-refractivity contribution is 6.32. The van der Waals surface area contributed by atoms with Crippen molar-refractivity contribution in [1.82, 2.24) is 0 Å². The first kappa shape index (κ1) is 12.0. The Hall–Kier alpha value is -1.04. The summed E-state index contributed by atoms with van der Waals surface area (Å²) in [6, 6.07) is 2.53. The van der Waals surface area contributed by atoms with Gasteiger partial charge in [0, 0.05) is 6.54 Å². The molecule has 0 saturated carbocycles. The second kappa shape index (κ2) is 5.16. The molecule has 4 nitrogen and oxygen atoms in total. The number of hydrogen-bond acceptors (Lipinski definition) is 4. The van der Waals surface area contributed by atoms with Gasteiger partial charge < -0.3 is 20.6 Å². The molecule has 4 N–H and O–H groups in total. The molecule has 1 aromatic rings. The van der Waals surface area contributed by atoms with Crippen LogP contribution in [0.25, 0.3) is 0 Å². The van der Waals surface area contributed by atoms with Crippen molar-refractivity contribution in [2.24, 2.45) is 0 Å². The average Bonchev–Trinajstić information content (AvgIpc) is 2.24. The molecule has 0 heterocycles. The van der Waals surface area contributed by atoms with Gasteiger partial charge in [0.15, 0.2) is 5.82 Å². The first-order chi connectivity index (χ1) is 7.06. The van der Waals surface area contributed by atoms with Gasteiger partial charge in [-0.15, -0.1) is 0 Å². The fourth-order valence-electron chi connectivity index (χ4n) is 0.968. The molecule has 0 spiro atoms. The Morgan fingerprint density at radius 3 is 2.73 bits per heavy atom. The highest BCUT2D eigenvalue weighted by atomic mass is 35.5. The molecule has 1 aromatic carbocycles. The summed E-state index contributed by atoms with van der Waals surface area (Å²) in [4.78, 5) is 0. The third kappa shape index (κ3) is 2.95. The highest BCUT2D eigenvalue weighted by Gasteiger charge is 2.11. The lowest BCUT2D eigenvalue weighted by molar-refractivity contribution is 0.105. The Morgan fingerprint density at radius 1 is 1.47 bits per heavy atom. The van der Waals surface area contributed by atoms with E-state index in [9.17, 15) is 4.39 Å². The van der Waals surface area contributed by atoms with Gasteiger partial charge in [0.05, 0.1) is 18.4 Å². The molecule has 0 aliphatic heterocycles.